The molecule has 0 fully saturated rings. The molecular weight excluding hydrogens is 384 g/mol. The molecule has 0 unspecified atom stereocenters. The zero-order valence-electron chi connectivity index (χ0n) is 14.6. The molecule has 3 aromatic carbocycles. The molecule has 6 rings (SSSR count). The first-order valence-electron chi connectivity index (χ1n) is 8.91. The second kappa shape index (κ2) is 4.60. The van der Waals surface area contributed by atoms with Gasteiger partial charge in [-0.2, -0.15) is 0 Å². The van der Waals surface area contributed by atoms with Crippen LogP contribution in [0.25, 0.3) is 38.4 Å². The Bertz CT molecular complexity index is 1370. The lowest BCUT2D eigenvalue weighted by Gasteiger charge is -2.34. The Labute approximate surface area is 159 Å². The van der Waals surface area contributed by atoms with E-state index in [1.807, 2.05) is 0 Å². The van der Waals surface area contributed by atoms with E-state index in [2.05, 4.69) is 100 Å². The van der Waals surface area contributed by atoms with Gasteiger partial charge in [0.2, 0.25) is 0 Å². The predicted molar refractivity (Wildman–Crippen MR) is 112 cm³/mol. The Balaban J connectivity index is 1.90. The van der Waals surface area contributed by atoms with Gasteiger partial charge in [0.1, 0.15) is 0 Å². The summed E-state index contributed by atoms with van der Waals surface area (Å²) >= 11 is 3.63. The Hall–Kier alpha value is -2.52. The molecule has 5 aromatic rings. The van der Waals surface area contributed by atoms with Crippen molar-refractivity contribution in [2.24, 2.45) is 0 Å². The molecule has 0 saturated carbocycles. The number of rotatable bonds is 0. The smallest absolute Gasteiger partial charge is 0.0590 e. The monoisotopic (exact) mass is 400 g/mol. The number of hydrogen-bond acceptors (Lipinski definition) is 0. The molecule has 0 aliphatic carbocycles. The van der Waals surface area contributed by atoms with Crippen molar-refractivity contribution in [3.05, 3.63) is 76.4 Å². The van der Waals surface area contributed by atoms with E-state index in [0.29, 0.717) is 0 Å². The van der Waals surface area contributed by atoms with E-state index >= 15 is 0 Å². The minimum Gasteiger partial charge on any atom is -0.354 e. The summed E-state index contributed by atoms with van der Waals surface area (Å²) in [6, 6.07) is 19.8. The number of aromatic amines is 1. The van der Waals surface area contributed by atoms with Gasteiger partial charge in [0.25, 0.3) is 0 Å². The maximum absolute atomic E-state index is 3.72. The molecule has 1 aliphatic rings. The normalized spacial score (nSPS) is 15.0. The van der Waals surface area contributed by atoms with Crippen LogP contribution in [0.1, 0.15) is 25.0 Å². The first kappa shape index (κ1) is 14.6. The maximum Gasteiger partial charge on any atom is 0.0590 e. The van der Waals surface area contributed by atoms with Gasteiger partial charge in [0, 0.05) is 49.0 Å². The number of fused-ring (bicyclic) bond motifs is 6. The molecule has 0 spiro atoms. The summed E-state index contributed by atoms with van der Waals surface area (Å²) in [4.78, 5) is 3.72. The minimum atomic E-state index is -0.0686. The summed E-state index contributed by atoms with van der Waals surface area (Å²) in [5.41, 5.74) is 7.75. The summed E-state index contributed by atoms with van der Waals surface area (Å²) in [7, 11) is 0. The van der Waals surface area contributed by atoms with Crippen molar-refractivity contribution < 1.29 is 0 Å². The van der Waals surface area contributed by atoms with E-state index < -0.39 is 0 Å². The van der Waals surface area contributed by atoms with Crippen molar-refractivity contribution in [2.45, 2.75) is 19.3 Å². The van der Waals surface area contributed by atoms with Crippen molar-refractivity contribution >= 4 is 48.6 Å². The average molecular weight is 401 g/mol. The summed E-state index contributed by atoms with van der Waals surface area (Å²) in [6.45, 7) is 4.69. The van der Waals surface area contributed by atoms with Crippen LogP contribution in [-0.4, -0.2) is 9.55 Å². The molecule has 26 heavy (non-hydrogen) atoms. The number of benzene rings is 3. The van der Waals surface area contributed by atoms with Crippen LogP contribution in [0.5, 0.6) is 0 Å². The van der Waals surface area contributed by atoms with Crippen LogP contribution in [-0.2, 0) is 5.41 Å². The van der Waals surface area contributed by atoms with E-state index in [4.69, 9.17) is 0 Å². The number of nitrogens with zero attached hydrogens (tertiary/aromatic N) is 1. The molecule has 126 valence electrons. The summed E-state index contributed by atoms with van der Waals surface area (Å²) in [5.74, 6) is 0. The van der Waals surface area contributed by atoms with Crippen molar-refractivity contribution in [3.63, 3.8) is 0 Å². The Morgan fingerprint density at radius 2 is 1.81 bits per heavy atom. The minimum absolute atomic E-state index is 0.0686. The van der Waals surface area contributed by atoms with Crippen LogP contribution in [0.15, 0.2) is 65.3 Å². The molecule has 2 aromatic heterocycles. The number of halogens is 1. The molecule has 1 N–H and O–H groups in total. The molecule has 3 heteroatoms. The van der Waals surface area contributed by atoms with E-state index in [1.165, 1.54) is 49.5 Å². The van der Waals surface area contributed by atoms with Gasteiger partial charge >= 0.3 is 0 Å². The lowest BCUT2D eigenvalue weighted by Crippen LogP contribution is -2.26. The molecular formula is C23H17BrN2. The van der Waals surface area contributed by atoms with Gasteiger partial charge in [0.05, 0.1) is 11.0 Å². The van der Waals surface area contributed by atoms with Gasteiger partial charge in [-0.05, 0) is 42.0 Å². The third-order valence-corrected chi connectivity index (χ3v) is 6.46. The highest BCUT2D eigenvalue weighted by Gasteiger charge is 2.35. The van der Waals surface area contributed by atoms with Crippen molar-refractivity contribution in [2.75, 3.05) is 0 Å². The third-order valence-electron chi connectivity index (χ3n) is 5.97. The van der Waals surface area contributed by atoms with Crippen LogP contribution in [0, 0.1) is 0 Å². The Kier molecular flexibility index (Phi) is 2.59. The number of H-pyrrole nitrogens is 1. The number of aromatic nitrogens is 2. The molecule has 1 aliphatic heterocycles. The predicted octanol–water partition coefficient (Wildman–Crippen LogP) is 6.67. The highest BCUT2D eigenvalue weighted by molar-refractivity contribution is 9.10. The molecule has 0 saturated heterocycles. The van der Waals surface area contributed by atoms with Gasteiger partial charge in [-0.1, -0.05) is 48.0 Å². The summed E-state index contributed by atoms with van der Waals surface area (Å²) in [5, 5.41) is 3.87. The van der Waals surface area contributed by atoms with Gasteiger partial charge in [-0.15, -0.1) is 0 Å². The van der Waals surface area contributed by atoms with Crippen molar-refractivity contribution in [1.29, 1.82) is 0 Å². The fourth-order valence-corrected chi connectivity index (χ4v) is 5.15. The standard InChI is InChI=1S/C23H17BrN2/c1-23(2)17-5-3-4-6-19(17)26-10-9-13-11-16-15-12-14(24)7-8-18(15)25-21(16)20(23)22(13)26/h3-12,25H,1-2H3. The second-order valence-electron chi connectivity index (χ2n) is 7.75. The average Bonchev–Trinajstić information content (AvgIpc) is 3.20. The van der Waals surface area contributed by atoms with Crippen molar-refractivity contribution in [1.82, 2.24) is 9.55 Å². The van der Waals surface area contributed by atoms with Crippen LogP contribution in [0.2, 0.25) is 0 Å². The van der Waals surface area contributed by atoms with Gasteiger partial charge < -0.3 is 9.55 Å². The zero-order valence-corrected chi connectivity index (χ0v) is 16.2. The fourth-order valence-electron chi connectivity index (χ4n) is 4.79. The number of nitrogens with one attached hydrogen (secondary N) is 1. The first-order valence-corrected chi connectivity index (χ1v) is 9.70. The molecule has 0 atom stereocenters. The Morgan fingerprint density at radius 3 is 2.69 bits per heavy atom. The lowest BCUT2D eigenvalue weighted by atomic mass is 9.74. The highest BCUT2D eigenvalue weighted by atomic mass is 79.9. The number of hydrogen-bond donors (Lipinski definition) is 1. The number of para-hydroxylation sites is 1. The van der Waals surface area contributed by atoms with E-state index in [0.717, 1.165) is 4.47 Å². The van der Waals surface area contributed by atoms with E-state index in [1.54, 1.807) is 0 Å². The highest BCUT2D eigenvalue weighted by Crippen LogP contribution is 2.48. The maximum atomic E-state index is 3.72. The summed E-state index contributed by atoms with van der Waals surface area (Å²) in [6.07, 6.45) is 2.21. The molecule has 2 nitrogen and oxygen atoms in total. The largest absolute Gasteiger partial charge is 0.354 e. The van der Waals surface area contributed by atoms with Crippen molar-refractivity contribution in [3.8, 4) is 5.69 Å². The van der Waals surface area contributed by atoms with Gasteiger partial charge in [-0.3, -0.25) is 0 Å². The topological polar surface area (TPSA) is 20.7 Å². The molecule has 3 heterocycles. The molecule has 0 amide bonds. The van der Waals surface area contributed by atoms with E-state index in [-0.39, 0.29) is 5.41 Å². The van der Waals surface area contributed by atoms with Gasteiger partial charge in [0.15, 0.2) is 0 Å². The zero-order chi connectivity index (χ0) is 17.6. The quantitative estimate of drug-likeness (QED) is 0.299. The second-order valence-corrected chi connectivity index (χ2v) is 8.67. The lowest BCUT2D eigenvalue weighted by molar-refractivity contribution is 0.633. The Morgan fingerprint density at radius 1 is 0.962 bits per heavy atom. The van der Waals surface area contributed by atoms with Crippen LogP contribution >= 0.6 is 15.9 Å². The summed E-state index contributed by atoms with van der Waals surface area (Å²) < 4.78 is 3.47. The SMILES string of the molecule is CC1(C)c2ccccc2-n2ccc3cc4c([nH]c5ccc(Br)cc54)c1c32. The van der Waals surface area contributed by atoms with E-state index in [9.17, 15) is 0 Å². The molecule has 0 radical (unpaired) electrons. The fraction of sp³-hybridized carbons (Fsp3) is 0.130. The van der Waals surface area contributed by atoms with Crippen LogP contribution in [0.3, 0.4) is 0 Å². The third kappa shape index (κ3) is 1.62. The van der Waals surface area contributed by atoms with Crippen LogP contribution in [0.4, 0.5) is 0 Å². The van der Waals surface area contributed by atoms with Crippen LogP contribution < -0.4 is 0 Å². The molecule has 0 bridgehead atoms. The first-order chi connectivity index (χ1) is 12.6. The van der Waals surface area contributed by atoms with Gasteiger partial charge in [-0.25, -0.2) is 0 Å².